The first kappa shape index (κ1) is 25.6. The normalized spacial score (nSPS) is 44.1. The summed E-state index contributed by atoms with van der Waals surface area (Å²) in [6.45, 7) is -4.90. The Labute approximate surface area is 214 Å². The van der Waals surface area contributed by atoms with E-state index >= 15 is 0 Å². The van der Waals surface area contributed by atoms with Crippen LogP contribution in [0.3, 0.4) is 0 Å². The average Bonchev–Trinajstić information content (AvgIpc) is 3.59. The van der Waals surface area contributed by atoms with E-state index in [2.05, 4.69) is 32.5 Å². The minimum atomic E-state index is -4.09. The lowest BCUT2D eigenvalue weighted by atomic mass is 10.0. The van der Waals surface area contributed by atoms with E-state index in [1.165, 1.54) is 12.7 Å². The molecule has 202 valence electrons. The van der Waals surface area contributed by atoms with Crippen molar-refractivity contribution >= 4 is 50.6 Å². The highest BCUT2D eigenvalue weighted by molar-refractivity contribution is 8.44. The maximum absolute atomic E-state index is 13.3. The van der Waals surface area contributed by atoms with Gasteiger partial charge in [-0.25, -0.2) is 19.5 Å². The molecule has 2 aromatic rings. The van der Waals surface area contributed by atoms with Gasteiger partial charge in [0.2, 0.25) is 0 Å². The lowest BCUT2D eigenvalue weighted by Gasteiger charge is -2.31. The Hall–Kier alpha value is -1.69. The standard InChI is InChI=1S/C17H23N7O10P2S/c18-4-20-15-10-9(25)7(31-15)1-30-36(27,37)34-12-11-16(24-6-23-8-13(19)21-5-22-14(8)24)32-17(12,2-28-11)3-29-35(26)33-10/h4-7,9-12,15-16,25,35H,1-3H2,(H2,18,20)(H,27,37)(H2,19,21,22)/t7-,9-,10-,11-,12+,15-,16-,17-,36+/m1/s1. The van der Waals surface area contributed by atoms with E-state index < -0.39 is 70.2 Å². The topological polar surface area (TPSA) is 224 Å². The summed E-state index contributed by atoms with van der Waals surface area (Å²) in [5.41, 5.74) is 5.23. The second kappa shape index (κ2) is 9.50. The maximum atomic E-state index is 13.3. The monoisotopic (exact) mass is 579 g/mol. The van der Waals surface area contributed by atoms with Crippen LogP contribution < -0.4 is 11.1 Å². The largest absolute Gasteiger partial charge is 0.387 e. The van der Waals surface area contributed by atoms with Gasteiger partial charge < -0.3 is 34.9 Å². The van der Waals surface area contributed by atoms with Gasteiger partial charge in [0.15, 0.2) is 23.9 Å². The van der Waals surface area contributed by atoms with Crippen molar-refractivity contribution in [2.24, 2.45) is 0 Å². The number of thiol groups is 1. The van der Waals surface area contributed by atoms with Crippen molar-refractivity contribution in [2.45, 2.75) is 48.6 Å². The summed E-state index contributed by atoms with van der Waals surface area (Å²) in [7, 11) is -3.23. The number of nitrogens with one attached hydrogen (secondary N) is 2. The summed E-state index contributed by atoms with van der Waals surface area (Å²) in [5, 5.41) is 20.4. The van der Waals surface area contributed by atoms with E-state index in [0.29, 0.717) is 11.2 Å². The fraction of sp³-hybridized carbons (Fsp3) is 0.647. The summed E-state index contributed by atoms with van der Waals surface area (Å²) in [5.74, 6) is 0.173. The van der Waals surface area contributed by atoms with Crippen LogP contribution in [0.25, 0.3) is 11.2 Å². The van der Waals surface area contributed by atoms with Gasteiger partial charge in [0.05, 0.1) is 32.5 Å². The first-order chi connectivity index (χ1) is 17.7. The highest BCUT2D eigenvalue weighted by atomic mass is 32.7. The predicted octanol–water partition coefficient (Wildman–Crippen LogP) is -0.398. The fourth-order valence-corrected chi connectivity index (χ4v) is 7.24. The fourth-order valence-electron chi connectivity index (χ4n) is 4.82. The zero-order chi connectivity index (χ0) is 25.9. The summed E-state index contributed by atoms with van der Waals surface area (Å²) >= 11 is 4.10. The van der Waals surface area contributed by atoms with E-state index in [1.54, 1.807) is 4.57 Å². The first-order valence-electron chi connectivity index (χ1n) is 11.0. The molecule has 6 heterocycles. The number of imidazole rings is 1. The maximum Gasteiger partial charge on any atom is 0.386 e. The lowest BCUT2D eigenvalue weighted by molar-refractivity contribution is -0.182. The summed E-state index contributed by atoms with van der Waals surface area (Å²) in [6, 6.07) is 0. The van der Waals surface area contributed by atoms with Crippen molar-refractivity contribution < 1.29 is 46.5 Å². The van der Waals surface area contributed by atoms with Crippen LogP contribution in [-0.4, -0.2) is 93.1 Å². The zero-order valence-corrected chi connectivity index (χ0v) is 21.6. The summed E-state index contributed by atoms with van der Waals surface area (Å²) in [4.78, 5) is 12.4. The van der Waals surface area contributed by atoms with Crippen molar-refractivity contribution in [3.05, 3.63) is 12.7 Å². The minimum absolute atomic E-state index is 0.0543. The number of fused-ring (bicyclic) bond motifs is 3. The highest BCUT2D eigenvalue weighted by Gasteiger charge is 2.65. The Morgan fingerprint density at radius 3 is 3.00 bits per heavy atom. The quantitative estimate of drug-likeness (QED) is 0.135. The second-order valence-electron chi connectivity index (χ2n) is 8.74. The van der Waals surface area contributed by atoms with Crippen molar-refractivity contribution in [2.75, 3.05) is 25.6 Å². The van der Waals surface area contributed by atoms with Crippen LogP contribution >= 0.6 is 27.3 Å². The molecule has 1 unspecified atom stereocenters. The molecule has 37 heavy (non-hydrogen) atoms. The number of aromatic nitrogens is 4. The molecule has 4 aliphatic heterocycles. The molecule has 6 rings (SSSR count). The average molecular weight is 579 g/mol. The molecule has 4 aliphatic rings. The molecular formula is C17H23N7O10P2S. The number of nitrogens with two attached hydrogens (primary N) is 1. The van der Waals surface area contributed by atoms with E-state index in [0.717, 1.165) is 6.34 Å². The number of nitrogen functional groups attached to an aromatic ring is 1. The summed E-state index contributed by atoms with van der Waals surface area (Å²) < 4.78 is 67.7. The Bertz CT molecular complexity index is 1290. The number of aliphatic hydroxyl groups is 1. The number of anilines is 1. The molecule has 0 spiro atoms. The minimum Gasteiger partial charge on any atom is -0.387 e. The van der Waals surface area contributed by atoms with Crippen molar-refractivity contribution in [3.63, 3.8) is 0 Å². The molecular weight excluding hydrogens is 556 g/mol. The number of rotatable bonds is 3. The number of hydrogen-bond acceptors (Lipinski definition) is 15. The van der Waals surface area contributed by atoms with Gasteiger partial charge in [-0.15, -0.1) is 0 Å². The van der Waals surface area contributed by atoms with Crippen molar-refractivity contribution in [1.29, 1.82) is 5.41 Å². The third-order valence-corrected chi connectivity index (χ3v) is 8.98. The van der Waals surface area contributed by atoms with Gasteiger partial charge >= 0.3 is 15.1 Å². The van der Waals surface area contributed by atoms with Gasteiger partial charge in [-0.2, -0.15) is 0 Å². The molecule has 20 heteroatoms. The van der Waals surface area contributed by atoms with Gasteiger partial charge in [-0.05, 0) is 0 Å². The Morgan fingerprint density at radius 2 is 2.19 bits per heavy atom. The summed E-state index contributed by atoms with van der Waals surface area (Å²) in [6.07, 6.45) is -3.80. The molecule has 4 saturated heterocycles. The van der Waals surface area contributed by atoms with Gasteiger partial charge in [0.25, 0.3) is 0 Å². The third kappa shape index (κ3) is 4.39. The van der Waals surface area contributed by atoms with Crippen molar-refractivity contribution in [3.8, 4) is 0 Å². The van der Waals surface area contributed by atoms with E-state index in [1.807, 2.05) is 0 Å². The molecule has 2 aromatic heterocycles. The lowest BCUT2D eigenvalue weighted by Crippen LogP contribution is -2.45. The van der Waals surface area contributed by atoms with Crippen molar-refractivity contribution in [1.82, 2.24) is 24.8 Å². The van der Waals surface area contributed by atoms with Gasteiger partial charge in [-0.1, -0.05) is 12.2 Å². The van der Waals surface area contributed by atoms with Crippen LogP contribution in [0.5, 0.6) is 0 Å². The molecule has 0 amide bonds. The van der Waals surface area contributed by atoms with Gasteiger partial charge in [0.1, 0.15) is 48.0 Å². The van der Waals surface area contributed by atoms with Crippen LogP contribution in [0, 0.1) is 5.41 Å². The Balaban J connectivity index is 1.32. The number of aliphatic hydroxyl groups excluding tert-OH is 1. The van der Waals surface area contributed by atoms with E-state index in [9.17, 15) is 14.2 Å². The SMILES string of the molecule is N=CN[C@@H]1O[C@@H]2CO[P@](=O)(S)O[C@H]3[C@H]4OC[C@]3(CO[PH](=O)O[C@@H]1[C@@H]2O)O[C@H]4n1cnc2c(N)ncnc21. The van der Waals surface area contributed by atoms with Crippen LogP contribution in [0.1, 0.15) is 6.23 Å². The second-order valence-corrected chi connectivity index (χ2v) is 12.6. The smallest absolute Gasteiger partial charge is 0.386 e. The molecule has 0 saturated carbocycles. The molecule has 0 radical (unpaired) electrons. The zero-order valence-electron chi connectivity index (χ0n) is 18.8. The molecule has 17 nitrogen and oxygen atoms in total. The Kier molecular flexibility index (Phi) is 6.57. The first-order valence-corrected chi connectivity index (χ1v) is 14.9. The number of nitrogens with zero attached hydrogens (tertiary/aromatic N) is 4. The molecule has 0 aliphatic carbocycles. The molecule has 4 bridgehead atoms. The molecule has 4 fully saturated rings. The Morgan fingerprint density at radius 1 is 1.35 bits per heavy atom. The van der Waals surface area contributed by atoms with Gasteiger partial charge in [-0.3, -0.25) is 28.1 Å². The third-order valence-electron chi connectivity index (χ3n) is 6.54. The van der Waals surface area contributed by atoms with Crippen LogP contribution in [0.15, 0.2) is 12.7 Å². The van der Waals surface area contributed by atoms with Crippen LogP contribution in [0.4, 0.5) is 5.82 Å². The van der Waals surface area contributed by atoms with E-state index in [-0.39, 0.29) is 19.0 Å². The molecule has 0 aromatic carbocycles. The van der Waals surface area contributed by atoms with Crippen LogP contribution in [0.2, 0.25) is 0 Å². The predicted molar refractivity (Wildman–Crippen MR) is 126 cm³/mol. The number of hydrogen-bond donors (Lipinski definition) is 5. The number of ether oxygens (including phenoxy) is 3. The highest BCUT2D eigenvalue weighted by Crippen LogP contribution is 2.60. The van der Waals surface area contributed by atoms with Gasteiger partial charge in [0, 0.05) is 0 Å². The van der Waals surface area contributed by atoms with Crippen LogP contribution in [-0.2, 0) is 41.4 Å². The molecule has 10 atom stereocenters. The van der Waals surface area contributed by atoms with E-state index in [4.69, 9.17) is 43.4 Å². The molecule has 5 N–H and O–H groups in total.